The number of hydrogen-bond acceptors (Lipinski definition) is 8. The van der Waals surface area contributed by atoms with E-state index in [1.165, 1.54) is 13.8 Å². The molecule has 0 aromatic carbocycles. The van der Waals surface area contributed by atoms with E-state index in [0.717, 1.165) is 19.3 Å². The van der Waals surface area contributed by atoms with E-state index in [0.29, 0.717) is 25.0 Å². The Bertz CT molecular complexity index is 830. The summed E-state index contributed by atoms with van der Waals surface area (Å²) in [5.41, 5.74) is -0.556. The third kappa shape index (κ3) is 3.75. The predicted octanol–water partition coefficient (Wildman–Crippen LogP) is 2.32. The fourth-order valence-electron chi connectivity index (χ4n) is 6.91. The Labute approximate surface area is 188 Å². The Morgan fingerprint density at radius 2 is 1.84 bits per heavy atom. The number of aliphatic hydroxyl groups is 1. The standard InChI is InChI=1S/C24H34O8/c1-14(26)31-17-11-29-21(28)16(17)5-6-19-22(3)9-8-20(32-15(2)27)23(4,12-25)18(22)7-10-24(19)13-30-24/h5,17-20,25H,6-13H2,1-4H3/b16-5+/t17-,18?,19-,20-,22+,23+,24+/m1/s1. The van der Waals surface area contributed by atoms with Crippen LogP contribution in [0.25, 0.3) is 0 Å². The molecule has 2 aliphatic heterocycles. The van der Waals surface area contributed by atoms with Crippen molar-refractivity contribution in [3.05, 3.63) is 11.6 Å². The minimum absolute atomic E-state index is 0.0447. The average molecular weight is 451 g/mol. The molecule has 4 fully saturated rings. The van der Waals surface area contributed by atoms with Crippen molar-refractivity contribution in [3.63, 3.8) is 0 Å². The van der Waals surface area contributed by atoms with Gasteiger partial charge < -0.3 is 24.1 Å². The van der Waals surface area contributed by atoms with Crippen molar-refractivity contribution in [3.8, 4) is 0 Å². The average Bonchev–Trinajstić information content (AvgIpc) is 3.41. The normalized spacial score (nSPS) is 44.2. The molecular formula is C24H34O8. The molecule has 0 bridgehead atoms. The Hall–Kier alpha value is -1.93. The molecule has 2 saturated heterocycles. The van der Waals surface area contributed by atoms with Gasteiger partial charge in [-0.3, -0.25) is 9.59 Å². The molecular weight excluding hydrogens is 416 g/mol. The van der Waals surface area contributed by atoms with Gasteiger partial charge in [0.25, 0.3) is 0 Å². The molecule has 4 rings (SSSR count). The van der Waals surface area contributed by atoms with Crippen LogP contribution < -0.4 is 0 Å². The zero-order chi connectivity index (χ0) is 23.3. The van der Waals surface area contributed by atoms with Gasteiger partial charge in [-0.15, -0.1) is 0 Å². The highest BCUT2D eigenvalue weighted by Gasteiger charge is 2.67. The molecule has 0 aromatic heterocycles. The number of carbonyl (C=O) groups is 3. The number of cyclic esters (lactones) is 1. The van der Waals surface area contributed by atoms with Crippen molar-refractivity contribution < 1.29 is 38.4 Å². The van der Waals surface area contributed by atoms with Gasteiger partial charge in [0, 0.05) is 19.3 Å². The minimum Gasteiger partial charge on any atom is -0.462 e. The summed E-state index contributed by atoms with van der Waals surface area (Å²) in [4.78, 5) is 35.4. The molecule has 0 amide bonds. The van der Waals surface area contributed by atoms with Gasteiger partial charge in [-0.05, 0) is 49.4 Å². The molecule has 32 heavy (non-hydrogen) atoms. The van der Waals surface area contributed by atoms with E-state index in [-0.39, 0.29) is 48.1 Å². The van der Waals surface area contributed by atoms with Crippen LogP contribution in [0.5, 0.6) is 0 Å². The molecule has 2 saturated carbocycles. The van der Waals surface area contributed by atoms with Gasteiger partial charge in [-0.25, -0.2) is 4.79 Å². The number of rotatable bonds is 5. The molecule has 8 heteroatoms. The molecule has 2 aliphatic carbocycles. The summed E-state index contributed by atoms with van der Waals surface area (Å²) in [6, 6.07) is 0. The highest BCUT2D eigenvalue weighted by Crippen LogP contribution is 2.66. The zero-order valence-corrected chi connectivity index (χ0v) is 19.3. The first kappa shape index (κ1) is 23.2. The van der Waals surface area contributed by atoms with E-state index < -0.39 is 23.5 Å². The quantitative estimate of drug-likeness (QED) is 0.294. The van der Waals surface area contributed by atoms with Crippen LogP contribution in [0.3, 0.4) is 0 Å². The van der Waals surface area contributed by atoms with Crippen LogP contribution in [0, 0.1) is 22.7 Å². The first-order valence-electron chi connectivity index (χ1n) is 11.5. The first-order chi connectivity index (χ1) is 15.1. The topological polar surface area (TPSA) is 112 Å². The molecule has 1 unspecified atom stereocenters. The number of aliphatic hydroxyl groups excluding tert-OH is 1. The molecule has 1 N–H and O–H groups in total. The Kier molecular flexibility index (Phi) is 5.91. The lowest BCUT2D eigenvalue weighted by Gasteiger charge is -2.61. The van der Waals surface area contributed by atoms with Crippen molar-refractivity contribution in [2.24, 2.45) is 22.7 Å². The van der Waals surface area contributed by atoms with Gasteiger partial charge in [-0.1, -0.05) is 19.9 Å². The SMILES string of the molecule is CC(=O)O[C@@H]1COC(=O)/C1=C/C[C@H]1[C@]2(CCC3[C@](C)(CO)[C@H](OC(C)=O)CC[C@@]31C)CO2. The summed E-state index contributed by atoms with van der Waals surface area (Å²) in [5.74, 6) is -0.965. The van der Waals surface area contributed by atoms with E-state index >= 15 is 0 Å². The summed E-state index contributed by atoms with van der Waals surface area (Å²) in [6.45, 7) is 7.67. The lowest BCUT2D eigenvalue weighted by Crippen LogP contribution is -2.61. The van der Waals surface area contributed by atoms with Gasteiger partial charge in [0.2, 0.25) is 0 Å². The van der Waals surface area contributed by atoms with Crippen molar-refractivity contribution >= 4 is 17.9 Å². The molecule has 0 aromatic rings. The van der Waals surface area contributed by atoms with Crippen molar-refractivity contribution in [1.29, 1.82) is 0 Å². The van der Waals surface area contributed by atoms with Gasteiger partial charge in [0.1, 0.15) is 12.7 Å². The fourth-order valence-corrected chi connectivity index (χ4v) is 6.91. The zero-order valence-electron chi connectivity index (χ0n) is 19.3. The van der Waals surface area contributed by atoms with E-state index in [9.17, 15) is 19.5 Å². The number of epoxide rings is 1. The Morgan fingerprint density at radius 1 is 1.16 bits per heavy atom. The summed E-state index contributed by atoms with van der Waals surface area (Å²) in [5, 5.41) is 10.4. The first-order valence-corrected chi connectivity index (χ1v) is 11.5. The molecule has 2 heterocycles. The molecule has 0 radical (unpaired) electrons. The summed E-state index contributed by atoms with van der Waals surface area (Å²) >= 11 is 0. The largest absolute Gasteiger partial charge is 0.462 e. The van der Waals surface area contributed by atoms with Crippen LogP contribution in [-0.2, 0) is 33.3 Å². The van der Waals surface area contributed by atoms with E-state index in [1.807, 2.05) is 13.0 Å². The monoisotopic (exact) mass is 450 g/mol. The number of esters is 3. The number of allylic oxidation sites excluding steroid dienone is 1. The van der Waals surface area contributed by atoms with Crippen LogP contribution in [0.2, 0.25) is 0 Å². The number of carbonyl (C=O) groups excluding carboxylic acids is 3. The second-order valence-corrected chi connectivity index (χ2v) is 10.4. The van der Waals surface area contributed by atoms with Crippen LogP contribution in [0.1, 0.15) is 59.8 Å². The Morgan fingerprint density at radius 3 is 2.44 bits per heavy atom. The number of hydrogen-bond donors (Lipinski definition) is 1. The maximum Gasteiger partial charge on any atom is 0.337 e. The lowest BCUT2D eigenvalue weighted by molar-refractivity contribution is -0.196. The van der Waals surface area contributed by atoms with Gasteiger partial charge >= 0.3 is 17.9 Å². The second kappa shape index (κ2) is 8.13. The molecule has 8 nitrogen and oxygen atoms in total. The maximum atomic E-state index is 12.3. The number of ether oxygens (including phenoxy) is 4. The van der Waals surface area contributed by atoms with Crippen LogP contribution in [-0.4, -0.2) is 60.6 Å². The molecule has 178 valence electrons. The van der Waals surface area contributed by atoms with E-state index in [4.69, 9.17) is 18.9 Å². The van der Waals surface area contributed by atoms with E-state index in [2.05, 4.69) is 6.92 Å². The molecule has 1 spiro atoms. The maximum absolute atomic E-state index is 12.3. The lowest BCUT2D eigenvalue weighted by atomic mass is 9.45. The van der Waals surface area contributed by atoms with Crippen molar-refractivity contribution in [1.82, 2.24) is 0 Å². The molecule has 4 aliphatic rings. The second-order valence-electron chi connectivity index (χ2n) is 10.4. The van der Waals surface area contributed by atoms with E-state index in [1.54, 1.807) is 0 Å². The van der Waals surface area contributed by atoms with Crippen LogP contribution in [0.15, 0.2) is 11.6 Å². The third-order valence-corrected chi connectivity index (χ3v) is 8.55. The van der Waals surface area contributed by atoms with Gasteiger partial charge in [-0.2, -0.15) is 0 Å². The fraction of sp³-hybridized carbons (Fsp3) is 0.792. The van der Waals surface area contributed by atoms with Crippen LogP contribution >= 0.6 is 0 Å². The van der Waals surface area contributed by atoms with Gasteiger partial charge in [0.15, 0.2) is 6.10 Å². The Balaban J connectivity index is 1.63. The number of fused-ring (bicyclic) bond motifs is 1. The molecule has 7 atom stereocenters. The summed E-state index contributed by atoms with van der Waals surface area (Å²) in [6.07, 6.45) is 4.71. The van der Waals surface area contributed by atoms with Crippen LogP contribution in [0.4, 0.5) is 0 Å². The van der Waals surface area contributed by atoms with Crippen molar-refractivity contribution in [2.75, 3.05) is 19.8 Å². The smallest absolute Gasteiger partial charge is 0.337 e. The summed E-state index contributed by atoms with van der Waals surface area (Å²) < 4.78 is 22.1. The highest BCUT2D eigenvalue weighted by molar-refractivity contribution is 5.92. The third-order valence-electron chi connectivity index (χ3n) is 8.55. The van der Waals surface area contributed by atoms with Gasteiger partial charge in [0.05, 0.1) is 24.4 Å². The highest BCUT2D eigenvalue weighted by atomic mass is 16.6. The minimum atomic E-state index is -0.675. The summed E-state index contributed by atoms with van der Waals surface area (Å²) in [7, 11) is 0. The van der Waals surface area contributed by atoms with Crippen molar-refractivity contribution in [2.45, 2.75) is 77.6 Å². The predicted molar refractivity (Wildman–Crippen MR) is 112 cm³/mol.